The number of hydrogen-bond donors (Lipinski definition) is 0. The Kier molecular flexibility index (Phi) is 3.96. The molecule has 0 aliphatic carbocycles. The van der Waals surface area contributed by atoms with E-state index in [-0.39, 0.29) is 0 Å². The zero-order valence-electron chi connectivity index (χ0n) is 11.3. The van der Waals surface area contributed by atoms with Crippen LogP contribution >= 0.6 is 11.8 Å². The maximum Gasteiger partial charge on any atom is 0.225 e. The summed E-state index contributed by atoms with van der Waals surface area (Å²) in [5.41, 5.74) is 0. The minimum absolute atomic E-state index is 0.805. The van der Waals surface area contributed by atoms with E-state index < -0.39 is 0 Å². The molecule has 0 unspecified atom stereocenters. The average Bonchev–Trinajstić information content (AvgIpc) is 2.56. The molecule has 2 aromatic rings. The van der Waals surface area contributed by atoms with Gasteiger partial charge in [0.25, 0.3) is 0 Å². The molecule has 0 radical (unpaired) electrons. The van der Waals surface area contributed by atoms with Crippen LogP contribution in [0, 0.1) is 0 Å². The first kappa shape index (κ1) is 13.1. The summed E-state index contributed by atoms with van der Waals surface area (Å²) in [7, 11) is 0. The molecule has 3 rings (SSSR count). The maximum atomic E-state index is 4.54. The van der Waals surface area contributed by atoms with Crippen LogP contribution in [0.2, 0.25) is 0 Å². The molecule has 1 saturated heterocycles. The van der Waals surface area contributed by atoms with Crippen LogP contribution in [0.5, 0.6) is 0 Å². The molecule has 3 heterocycles. The molecule has 6 nitrogen and oxygen atoms in total. The predicted octanol–water partition coefficient (Wildman–Crippen LogP) is 1.32. The normalized spacial score (nSPS) is 15.4. The molecule has 1 aliphatic heterocycles. The zero-order valence-corrected chi connectivity index (χ0v) is 12.1. The Morgan fingerprint density at radius 3 is 2.35 bits per heavy atom. The maximum absolute atomic E-state index is 4.54. The van der Waals surface area contributed by atoms with E-state index >= 15 is 0 Å². The Labute approximate surface area is 122 Å². The van der Waals surface area contributed by atoms with Gasteiger partial charge in [0.05, 0.1) is 0 Å². The lowest BCUT2D eigenvalue weighted by molar-refractivity contribution is 0.631. The number of aromatic nitrogens is 4. The monoisotopic (exact) mass is 288 g/mol. The van der Waals surface area contributed by atoms with Gasteiger partial charge in [0.1, 0.15) is 5.82 Å². The minimum Gasteiger partial charge on any atom is -0.353 e. The van der Waals surface area contributed by atoms with Gasteiger partial charge in [-0.25, -0.2) is 19.9 Å². The number of thioether (sulfide) groups is 1. The summed E-state index contributed by atoms with van der Waals surface area (Å²) in [6.45, 7) is 3.65. The highest BCUT2D eigenvalue weighted by atomic mass is 32.2. The van der Waals surface area contributed by atoms with E-state index in [1.807, 2.05) is 24.6 Å². The molecule has 20 heavy (non-hydrogen) atoms. The first-order chi connectivity index (χ1) is 9.86. The Morgan fingerprint density at radius 1 is 0.950 bits per heavy atom. The molecule has 0 spiro atoms. The number of piperazine rings is 1. The Bertz CT molecular complexity index is 556. The molecular formula is C13H16N6S. The third kappa shape index (κ3) is 2.82. The van der Waals surface area contributed by atoms with Crippen molar-refractivity contribution in [3.8, 4) is 0 Å². The van der Waals surface area contributed by atoms with Crippen LogP contribution in [-0.2, 0) is 0 Å². The van der Waals surface area contributed by atoms with E-state index in [0.717, 1.165) is 43.1 Å². The van der Waals surface area contributed by atoms with Crippen LogP contribution in [0.15, 0.2) is 35.9 Å². The van der Waals surface area contributed by atoms with E-state index in [4.69, 9.17) is 0 Å². The summed E-state index contributed by atoms with van der Waals surface area (Å²) in [6.07, 6.45) is 7.37. The fraction of sp³-hybridized carbons (Fsp3) is 0.385. The van der Waals surface area contributed by atoms with Crippen molar-refractivity contribution in [2.45, 2.75) is 5.16 Å². The number of hydrogen-bond acceptors (Lipinski definition) is 7. The highest BCUT2D eigenvalue weighted by molar-refractivity contribution is 7.98. The largest absolute Gasteiger partial charge is 0.353 e. The zero-order chi connectivity index (χ0) is 13.8. The van der Waals surface area contributed by atoms with Crippen molar-refractivity contribution in [3.63, 3.8) is 0 Å². The van der Waals surface area contributed by atoms with Crippen molar-refractivity contribution in [1.29, 1.82) is 0 Å². The van der Waals surface area contributed by atoms with Gasteiger partial charge in [-0.15, -0.1) is 0 Å². The Balaban J connectivity index is 1.66. The van der Waals surface area contributed by atoms with Crippen LogP contribution in [0.3, 0.4) is 0 Å². The molecule has 0 amide bonds. The highest BCUT2D eigenvalue weighted by Gasteiger charge is 2.19. The summed E-state index contributed by atoms with van der Waals surface area (Å²) < 4.78 is 0. The van der Waals surface area contributed by atoms with Crippen LogP contribution in [0.1, 0.15) is 0 Å². The van der Waals surface area contributed by atoms with Gasteiger partial charge in [-0.1, -0.05) is 11.8 Å². The number of rotatable bonds is 3. The van der Waals surface area contributed by atoms with E-state index in [1.54, 1.807) is 24.2 Å². The topological polar surface area (TPSA) is 58.0 Å². The van der Waals surface area contributed by atoms with Crippen molar-refractivity contribution in [2.75, 3.05) is 42.2 Å². The molecule has 0 N–H and O–H groups in total. The molecule has 0 bridgehead atoms. The molecular weight excluding hydrogens is 272 g/mol. The SMILES string of the molecule is CSc1nccc(N2CCN(c3ncccn3)CC2)n1. The molecule has 0 aromatic carbocycles. The first-order valence-electron chi connectivity index (χ1n) is 6.51. The second-order valence-corrected chi connectivity index (χ2v) is 5.20. The quantitative estimate of drug-likeness (QED) is 0.623. The van der Waals surface area contributed by atoms with Crippen molar-refractivity contribution >= 4 is 23.5 Å². The van der Waals surface area contributed by atoms with Crippen molar-refractivity contribution < 1.29 is 0 Å². The van der Waals surface area contributed by atoms with Gasteiger partial charge in [0, 0.05) is 44.8 Å². The van der Waals surface area contributed by atoms with Crippen molar-refractivity contribution in [1.82, 2.24) is 19.9 Å². The second kappa shape index (κ2) is 6.04. The molecule has 0 atom stereocenters. The van der Waals surface area contributed by atoms with E-state index in [0.29, 0.717) is 0 Å². The van der Waals surface area contributed by atoms with Gasteiger partial charge in [0.15, 0.2) is 5.16 Å². The fourth-order valence-electron chi connectivity index (χ4n) is 2.20. The number of anilines is 2. The molecule has 104 valence electrons. The minimum atomic E-state index is 0.805. The first-order valence-corrected chi connectivity index (χ1v) is 7.73. The van der Waals surface area contributed by atoms with E-state index in [9.17, 15) is 0 Å². The number of nitrogens with zero attached hydrogens (tertiary/aromatic N) is 6. The smallest absolute Gasteiger partial charge is 0.225 e. The summed E-state index contributed by atoms with van der Waals surface area (Å²) in [4.78, 5) is 21.8. The summed E-state index contributed by atoms with van der Waals surface area (Å²) in [6, 6.07) is 3.80. The third-order valence-corrected chi connectivity index (χ3v) is 3.80. The van der Waals surface area contributed by atoms with Gasteiger partial charge in [-0.2, -0.15) is 0 Å². The molecule has 0 saturated carbocycles. The Hall–Kier alpha value is -1.89. The van der Waals surface area contributed by atoms with Gasteiger partial charge in [-0.3, -0.25) is 0 Å². The standard InChI is InChI=1S/C13H16N6S/c1-20-13-16-6-3-11(17-13)18-7-9-19(10-8-18)12-14-4-2-5-15-12/h2-6H,7-10H2,1H3. The van der Waals surface area contributed by atoms with Gasteiger partial charge in [0.2, 0.25) is 5.95 Å². The summed E-state index contributed by atoms with van der Waals surface area (Å²) in [5.74, 6) is 1.80. The molecule has 7 heteroatoms. The van der Waals surface area contributed by atoms with Crippen molar-refractivity contribution in [2.24, 2.45) is 0 Å². The van der Waals surface area contributed by atoms with Crippen LogP contribution in [0.4, 0.5) is 11.8 Å². The van der Waals surface area contributed by atoms with Gasteiger partial charge < -0.3 is 9.80 Å². The van der Waals surface area contributed by atoms with Crippen LogP contribution in [0.25, 0.3) is 0 Å². The lowest BCUT2D eigenvalue weighted by atomic mass is 10.3. The lowest BCUT2D eigenvalue weighted by Gasteiger charge is -2.35. The predicted molar refractivity (Wildman–Crippen MR) is 80.3 cm³/mol. The van der Waals surface area contributed by atoms with Crippen molar-refractivity contribution in [3.05, 3.63) is 30.7 Å². The highest BCUT2D eigenvalue weighted by Crippen LogP contribution is 2.18. The fourth-order valence-corrected chi connectivity index (χ4v) is 2.55. The van der Waals surface area contributed by atoms with E-state index in [2.05, 4.69) is 29.7 Å². The van der Waals surface area contributed by atoms with Gasteiger partial charge in [-0.05, 0) is 18.4 Å². The lowest BCUT2D eigenvalue weighted by Crippen LogP contribution is -2.47. The Morgan fingerprint density at radius 2 is 1.65 bits per heavy atom. The second-order valence-electron chi connectivity index (χ2n) is 4.42. The van der Waals surface area contributed by atoms with E-state index in [1.165, 1.54) is 0 Å². The molecule has 2 aromatic heterocycles. The average molecular weight is 288 g/mol. The van der Waals surface area contributed by atoms with Gasteiger partial charge >= 0.3 is 0 Å². The summed E-state index contributed by atoms with van der Waals surface area (Å²) >= 11 is 1.57. The molecule has 1 aliphatic rings. The van der Waals surface area contributed by atoms with Crippen LogP contribution in [-0.4, -0.2) is 52.4 Å². The summed E-state index contributed by atoms with van der Waals surface area (Å²) in [5, 5.41) is 0.816. The van der Waals surface area contributed by atoms with Crippen LogP contribution < -0.4 is 9.80 Å². The third-order valence-electron chi connectivity index (χ3n) is 3.24. The molecule has 1 fully saturated rings.